The maximum Gasteiger partial charge on any atom is 0.260 e. The number of para-hydroxylation sites is 1. The Balaban J connectivity index is 1.78. The fourth-order valence-electron chi connectivity index (χ4n) is 2.71. The Kier molecular flexibility index (Phi) is 5.07. The van der Waals surface area contributed by atoms with Crippen molar-refractivity contribution in [1.29, 1.82) is 0 Å². The number of amides is 1. The Hall–Kier alpha value is -2.47. The van der Waals surface area contributed by atoms with Crippen LogP contribution >= 0.6 is 34.5 Å². The van der Waals surface area contributed by atoms with E-state index < -0.39 is 0 Å². The highest BCUT2D eigenvalue weighted by Crippen LogP contribution is 2.31. The van der Waals surface area contributed by atoms with E-state index in [0.717, 1.165) is 15.8 Å². The van der Waals surface area contributed by atoms with E-state index in [1.165, 1.54) is 11.3 Å². The number of hydrogen-bond acceptors (Lipinski definition) is 4. The summed E-state index contributed by atoms with van der Waals surface area (Å²) in [5.41, 5.74) is 2.17. The highest BCUT2D eigenvalue weighted by atomic mass is 35.5. The average molecular weight is 414 g/mol. The molecule has 0 radical (unpaired) electrons. The first-order valence-electron chi connectivity index (χ1n) is 8.12. The molecule has 4 rings (SSSR count). The molecule has 0 bridgehead atoms. The lowest BCUT2D eigenvalue weighted by Gasteiger charge is -2.20. The number of anilines is 1. The number of thiazole rings is 1. The van der Waals surface area contributed by atoms with Gasteiger partial charge in [0.15, 0.2) is 5.13 Å². The van der Waals surface area contributed by atoms with Crippen molar-refractivity contribution in [2.45, 2.75) is 6.54 Å². The van der Waals surface area contributed by atoms with Gasteiger partial charge in [-0.25, -0.2) is 4.98 Å². The molecule has 27 heavy (non-hydrogen) atoms. The predicted octanol–water partition coefficient (Wildman–Crippen LogP) is 5.85. The fraction of sp³-hybridized carbons (Fsp3) is 0.0500. The molecule has 0 atom stereocenters. The first-order chi connectivity index (χ1) is 13.1. The number of aromatic nitrogens is 2. The molecule has 4 aromatic rings. The molecular weight excluding hydrogens is 401 g/mol. The van der Waals surface area contributed by atoms with Crippen molar-refractivity contribution in [2.75, 3.05) is 4.90 Å². The number of hydrogen-bond donors (Lipinski definition) is 0. The number of benzene rings is 2. The molecule has 4 nitrogen and oxygen atoms in total. The average Bonchev–Trinajstić information content (AvgIpc) is 3.09. The van der Waals surface area contributed by atoms with Crippen LogP contribution in [0.15, 0.2) is 67.0 Å². The molecule has 0 aliphatic rings. The molecule has 0 aliphatic carbocycles. The van der Waals surface area contributed by atoms with E-state index in [9.17, 15) is 4.79 Å². The van der Waals surface area contributed by atoms with Crippen molar-refractivity contribution >= 4 is 55.8 Å². The van der Waals surface area contributed by atoms with Gasteiger partial charge in [0.05, 0.1) is 16.8 Å². The smallest absolute Gasteiger partial charge is 0.260 e. The van der Waals surface area contributed by atoms with Crippen LogP contribution in [0.4, 0.5) is 5.13 Å². The summed E-state index contributed by atoms with van der Waals surface area (Å²) in [6.07, 6.45) is 3.43. The van der Waals surface area contributed by atoms with Gasteiger partial charge >= 0.3 is 0 Å². The number of carbonyl (C=O) groups excluding carboxylic acids is 1. The Bertz CT molecular complexity index is 1060. The zero-order valence-corrected chi connectivity index (χ0v) is 16.3. The van der Waals surface area contributed by atoms with Gasteiger partial charge in [0.1, 0.15) is 0 Å². The predicted molar refractivity (Wildman–Crippen MR) is 111 cm³/mol. The van der Waals surface area contributed by atoms with Gasteiger partial charge in [-0.3, -0.25) is 14.7 Å². The minimum atomic E-state index is -0.220. The van der Waals surface area contributed by atoms with Crippen LogP contribution < -0.4 is 4.90 Å². The van der Waals surface area contributed by atoms with Gasteiger partial charge in [-0.1, -0.05) is 52.7 Å². The first-order valence-corrected chi connectivity index (χ1v) is 9.70. The quantitative estimate of drug-likeness (QED) is 0.421. The first kappa shape index (κ1) is 17.9. The van der Waals surface area contributed by atoms with E-state index in [2.05, 4.69) is 9.97 Å². The van der Waals surface area contributed by atoms with Gasteiger partial charge in [0, 0.05) is 28.0 Å². The lowest BCUT2D eigenvalue weighted by molar-refractivity contribution is 0.0985. The Labute approximate surface area is 170 Å². The number of fused-ring (bicyclic) bond motifs is 1. The summed E-state index contributed by atoms with van der Waals surface area (Å²) < 4.78 is 1.01. The van der Waals surface area contributed by atoms with E-state index in [1.807, 2.05) is 36.4 Å². The Morgan fingerprint density at radius 2 is 1.81 bits per heavy atom. The van der Waals surface area contributed by atoms with Gasteiger partial charge in [0.2, 0.25) is 0 Å². The van der Waals surface area contributed by atoms with Gasteiger partial charge < -0.3 is 0 Å². The van der Waals surface area contributed by atoms with Gasteiger partial charge in [-0.05, 0) is 42.0 Å². The van der Waals surface area contributed by atoms with E-state index in [4.69, 9.17) is 23.2 Å². The highest BCUT2D eigenvalue weighted by Gasteiger charge is 2.22. The second kappa shape index (κ2) is 7.64. The summed E-state index contributed by atoms with van der Waals surface area (Å²) in [6, 6.07) is 16.4. The second-order valence-corrected chi connectivity index (χ2v) is 7.76. The molecule has 0 fully saturated rings. The van der Waals surface area contributed by atoms with Gasteiger partial charge in [-0.2, -0.15) is 0 Å². The lowest BCUT2D eigenvalue weighted by Crippen LogP contribution is -2.30. The number of rotatable bonds is 4. The lowest BCUT2D eigenvalue weighted by atomic mass is 10.2. The van der Waals surface area contributed by atoms with Crippen molar-refractivity contribution in [3.63, 3.8) is 0 Å². The van der Waals surface area contributed by atoms with Gasteiger partial charge in [0.25, 0.3) is 5.91 Å². The van der Waals surface area contributed by atoms with Crippen LogP contribution in [-0.2, 0) is 6.54 Å². The standard InChI is InChI=1S/C20H13Cl2N3OS/c21-15-8-14(9-16(22)10-15)19(26)25(12-13-4-3-7-23-11-13)20-24-17-5-1-2-6-18(17)27-20/h1-11H,12H2. The number of carbonyl (C=O) groups is 1. The molecule has 2 aromatic heterocycles. The number of halogens is 2. The molecule has 0 saturated heterocycles. The molecule has 2 heterocycles. The van der Waals surface area contributed by atoms with Crippen molar-refractivity contribution in [2.24, 2.45) is 0 Å². The maximum atomic E-state index is 13.3. The van der Waals surface area contributed by atoms with Crippen molar-refractivity contribution < 1.29 is 4.79 Å². The third-order valence-corrected chi connectivity index (χ3v) is 5.43. The Morgan fingerprint density at radius 3 is 2.52 bits per heavy atom. The van der Waals surface area contributed by atoms with Crippen LogP contribution in [0.1, 0.15) is 15.9 Å². The second-order valence-electron chi connectivity index (χ2n) is 5.87. The molecule has 2 aromatic carbocycles. The number of nitrogens with zero attached hydrogens (tertiary/aromatic N) is 3. The van der Waals surface area contributed by atoms with Crippen LogP contribution in [0.2, 0.25) is 10.0 Å². The highest BCUT2D eigenvalue weighted by molar-refractivity contribution is 7.22. The van der Waals surface area contributed by atoms with E-state index in [1.54, 1.807) is 35.5 Å². The summed E-state index contributed by atoms with van der Waals surface area (Å²) in [4.78, 5) is 23.7. The number of pyridine rings is 1. The summed E-state index contributed by atoms with van der Waals surface area (Å²) in [6.45, 7) is 0.344. The van der Waals surface area contributed by atoms with Gasteiger partial charge in [-0.15, -0.1) is 0 Å². The zero-order valence-electron chi connectivity index (χ0n) is 14.0. The molecular formula is C20H13Cl2N3OS. The molecule has 0 spiro atoms. The molecule has 0 aliphatic heterocycles. The van der Waals surface area contributed by atoms with Crippen molar-refractivity contribution in [1.82, 2.24) is 9.97 Å². The minimum absolute atomic E-state index is 0.220. The molecule has 0 N–H and O–H groups in total. The van der Waals surface area contributed by atoms with Crippen molar-refractivity contribution in [3.05, 3.63) is 88.2 Å². The normalized spacial score (nSPS) is 10.9. The summed E-state index contributed by atoms with van der Waals surface area (Å²) in [5, 5.41) is 1.44. The minimum Gasteiger partial charge on any atom is -0.279 e. The molecule has 1 amide bonds. The van der Waals surface area contributed by atoms with Crippen LogP contribution in [0.25, 0.3) is 10.2 Å². The third-order valence-electron chi connectivity index (χ3n) is 3.93. The largest absolute Gasteiger partial charge is 0.279 e. The SMILES string of the molecule is O=C(c1cc(Cl)cc(Cl)c1)N(Cc1cccnc1)c1nc2ccccc2s1. The molecule has 134 valence electrons. The topological polar surface area (TPSA) is 46.1 Å². The molecule has 7 heteroatoms. The monoisotopic (exact) mass is 413 g/mol. The Morgan fingerprint density at radius 1 is 1.04 bits per heavy atom. The summed E-state index contributed by atoms with van der Waals surface area (Å²) in [7, 11) is 0. The molecule has 0 saturated carbocycles. The molecule has 0 unspecified atom stereocenters. The van der Waals surface area contributed by atoms with Crippen LogP contribution in [0.3, 0.4) is 0 Å². The zero-order chi connectivity index (χ0) is 18.8. The summed E-state index contributed by atoms with van der Waals surface area (Å²) >= 11 is 13.6. The fourth-order valence-corrected chi connectivity index (χ4v) is 4.20. The maximum absolute atomic E-state index is 13.3. The van der Waals surface area contributed by atoms with Crippen LogP contribution in [0.5, 0.6) is 0 Å². The van der Waals surface area contributed by atoms with Crippen LogP contribution in [0, 0.1) is 0 Å². The summed E-state index contributed by atoms with van der Waals surface area (Å²) in [5.74, 6) is -0.220. The van der Waals surface area contributed by atoms with E-state index >= 15 is 0 Å². The van der Waals surface area contributed by atoms with E-state index in [0.29, 0.717) is 27.3 Å². The van der Waals surface area contributed by atoms with E-state index in [-0.39, 0.29) is 5.91 Å². The third kappa shape index (κ3) is 3.95. The van der Waals surface area contributed by atoms with Crippen molar-refractivity contribution in [3.8, 4) is 0 Å². The van der Waals surface area contributed by atoms with Crippen LogP contribution in [-0.4, -0.2) is 15.9 Å².